The maximum absolute atomic E-state index is 12.1. The predicted octanol–water partition coefficient (Wildman–Crippen LogP) is 7.60. The summed E-state index contributed by atoms with van der Waals surface area (Å²) in [4.78, 5) is 12.1. The Morgan fingerprint density at radius 3 is 2.50 bits per heavy atom. The lowest BCUT2D eigenvalue weighted by Gasteiger charge is -2.57. The minimum absolute atomic E-state index is 0.403. The number of carbonyl (C=O) groups excluding carboxylic acids is 1. The first-order valence-corrected chi connectivity index (χ1v) is 12.5. The Labute approximate surface area is 174 Å². The summed E-state index contributed by atoms with van der Waals surface area (Å²) in [6.45, 7) is 12.5. The second kappa shape index (κ2) is 7.59. The van der Waals surface area contributed by atoms with Crippen molar-refractivity contribution in [1.29, 1.82) is 0 Å². The van der Waals surface area contributed by atoms with Crippen LogP contribution >= 0.6 is 0 Å². The Balaban J connectivity index is 1.51. The van der Waals surface area contributed by atoms with Crippen molar-refractivity contribution >= 4 is 5.78 Å². The van der Waals surface area contributed by atoms with Gasteiger partial charge < -0.3 is 0 Å². The van der Waals surface area contributed by atoms with Gasteiger partial charge in [-0.2, -0.15) is 0 Å². The summed E-state index contributed by atoms with van der Waals surface area (Å²) < 4.78 is 0. The lowest BCUT2D eigenvalue weighted by Crippen LogP contribution is -2.49. The normalized spacial score (nSPS) is 43.9. The number of ketones is 1. The van der Waals surface area contributed by atoms with Crippen LogP contribution in [0, 0.1) is 46.3 Å². The van der Waals surface area contributed by atoms with Crippen LogP contribution in [-0.2, 0) is 4.79 Å². The first-order chi connectivity index (χ1) is 13.3. The van der Waals surface area contributed by atoms with Gasteiger partial charge in [-0.05, 0) is 84.9 Å². The van der Waals surface area contributed by atoms with Crippen molar-refractivity contribution in [3.8, 4) is 0 Å². The molecule has 28 heavy (non-hydrogen) atoms. The molecule has 0 amide bonds. The van der Waals surface area contributed by atoms with Gasteiger partial charge >= 0.3 is 0 Å². The highest BCUT2D eigenvalue weighted by molar-refractivity contribution is 5.79. The molecular formula is C27H44O. The van der Waals surface area contributed by atoms with Crippen LogP contribution in [-0.4, -0.2) is 5.78 Å². The van der Waals surface area contributed by atoms with Crippen LogP contribution in [0.2, 0.25) is 0 Å². The third-order valence-corrected chi connectivity index (χ3v) is 10.1. The fourth-order valence-electron chi connectivity index (χ4n) is 8.33. The fraction of sp³-hybridized carbons (Fsp3) is 0.889. The standard InChI is InChI=1S/C27H44O/c1-18(2)7-6-8-19(3)23-11-12-24-22-10-9-20-17-21(28)13-15-26(20,4)25(22)14-16-27(23,24)5/h10,18-20,23-25H,6-9,11-17H2,1-5H3/t19-,20+,23-,24+,25+,26+,27-/m1/s1. The number of carbonyl (C=O) groups is 1. The van der Waals surface area contributed by atoms with Crippen molar-refractivity contribution in [2.45, 2.75) is 105 Å². The van der Waals surface area contributed by atoms with E-state index in [0.29, 0.717) is 22.5 Å². The van der Waals surface area contributed by atoms with E-state index in [-0.39, 0.29) is 0 Å². The highest BCUT2D eigenvalue weighted by Crippen LogP contribution is 2.66. The largest absolute Gasteiger partial charge is 0.300 e. The summed E-state index contributed by atoms with van der Waals surface area (Å²) in [5, 5.41) is 0. The number of fused-ring (bicyclic) bond motifs is 5. The molecule has 4 rings (SSSR count). The van der Waals surface area contributed by atoms with Gasteiger partial charge in [0, 0.05) is 12.8 Å². The summed E-state index contributed by atoms with van der Waals surface area (Å²) in [5.74, 6) is 5.40. The fourth-order valence-corrected chi connectivity index (χ4v) is 8.33. The topological polar surface area (TPSA) is 17.1 Å². The van der Waals surface area contributed by atoms with Crippen LogP contribution in [0.15, 0.2) is 11.6 Å². The van der Waals surface area contributed by atoms with Gasteiger partial charge in [-0.3, -0.25) is 4.79 Å². The number of allylic oxidation sites excluding steroid dienone is 2. The first kappa shape index (κ1) is 20.7. The van der Waals surface area contributed by atoms with Gasteiger partial charge in [-0.1, -0.05) is 65.5 Å². The van der Waals surface area contributed by atoms with Gasteiger partial charge in [0.1, 0.15) is 5.78 Å². The first-order valence-electron chi connectivity index (χ1n) is 12.5. The van der Waals surface area contributed by atoms with Crippen molar-refractivity contribution < 1.29 is 4.79 Å². The van der Waals surface area contributed by atoms with E-state index in [1.807, 2.05) is 5.57 Å². The van der Waals surface area contributed by atoms with E-state index in [0.717, 1.165) is 48.9 Å². The molecule has 0 radical (unpaired) electrons. The van der Waals surface area contributed by atoms with E-state index in [4.69, 9.17) is 0 Å². The van der Waals surface area contributed by atoms with Crippen LogP contribution in [0.25, 0.3) is 0 Å². The molecule has 1 nitrogen and oxygen atoms in total. The van der Waals surface area contributed by atoms with E-state index in [1.54, 1.807) is 0 Å². The molecule has 0 unspecified atom stereocenters. The molecule has 0 aliphatic heterocycles. The van der Waals surface area contributed by atoms with Crippen molar-refractivity contribution in [1.82, 2.24) is 0 Å². The zero-order valence-electron chi connectivity index (χ0n) is 19.2. The van der Waals surface area contributed by atoms with Crippen molar-refractivity contribution in [3.63, 3.8) is 0 Å². The highest BCUT2D eigenvalue weighted by atomic mass is 16.1. The van der Waals surface area contributed by atoms with E-state index in [9.17, 15) is 4.79 Å². The van der Waals surface area contributed by atoms with E-state index >= 15 is 0 Å². The summed E-state index contributed by atoms with van der Waals surface area (Å²) in [6.07, 6.45) is 16.6. The SMILES string of the molecule is CC(C)CCC[C@@H](C)[C@H]1CC[C@H]2C3=CC[C@H]4CC(=O)CC[C@]4(C)[C@H]3CC[C@]12C. The highest BCUT2D eigenvalue weighted by Gasteiger charge is 2.58. The van der Waals surface area contributed by atoms with Crippen molar-refractivity contribution in [2.24, 2.45) is 46.3 Å². The van der Waals surface area contributed by atoms with Gasteiger partial charge in [0.05, 0.1) is 0 Å². The van der Waals surface area contributed by atoms with E-state index in [2.05, 4.69) is 40.7 Å². The molecule has 4 aliphatic carbocycles. The Kier molecular flexibility index (Phi) is 5.60. The van der Waals surface area contributed by atoms with Gasteiger partial charge in [0.25, 0.3) is 0 Å². The molecule has 0 aromatic heterocycles. The Morgan fingerprint density at radius 2 is 1.75 bits per heavy atom. The third kappa shape index (κ3) is 3.33. The van der Waals surface area contributed by atoms with Crippen LogP contribution in [0.3, 0.4) is 0 Å². The zero-order valence-corrected chi connectivity index (χ0v) is 19.2. The van der Waals surface area contributed by atoms with E-state index < -0.39 is 0 Å². The molecule has 0 saturated heterocycles. The smallest absolute Gasteiger partial charge is 0.133 e. The molecular weight excluding hydrogens is 340 g/mol. The molecule has 0 aromatic carbocycles. The summed E-state index contributed by atoms with van der Waals surface area (Å²) in [5.41, 5.74) is 2.78. The van der Waals surface area contributed by atoms with E-state index in [1.165, 1.54) is 51.4 Å². The second-order valence-corrected chi connectivity index (χ2v) is 12.0. The average Bonchev–Trinajstić information content (AvgIpc) is 2.99. The maximum atomic E-state index is 12.1. The lowest BCUT2D eigenvalue weighted by molar-refractivity contribution is -0.127. The summed E-state index contributed by atoms with van der Waals surface area (Å²) in [7, 11) is 0. The molecule has 0 bridgehead atoms. The van der Waals surface area contributed by atoms with Gasteiger partial charge in [0.2, 0.25) is 0 Å². The number of Topliss-reactive ketones (excluding diaryl/α,β-unsaturated/α-hetero) is 1. The van der Waals surface area contributed by atoms with Gasteiger partial charge in [-0.25, -0.2) is 0 Å². The molecule has 0 spiro atoms. The molecule has 0 aromatic rings. The molecule has 3 fully saturated rings. The van der Waals surface area contributed by atoms with Crippen LogP contribution in [0.5, 0.6) is 0 Å². The van der Waals surface area contributed by atoms with Crippen molar-refractivity contribution in [3.05, 3.63) is 11.6 Å². The monoisotopic (exact) mass is 384 g/mol. The molecule has 0 heterocycles. The third-order valence-electron chi connectivity index (χ3n) is 10.1. The Bertz CT molecular complexity index is 630. The Hall–Kier alpha value is -0.590. The molecule has 1 heteroatoms. The van der Waals surface area contributed by atoms with Gasteiger partial charge in [-0.15, -0.1) is 0 Å². The van der Waals surface area contributed by atoms with Crippen molar-refractivity contribution in [2.75, 3.05) is 0 Å². The quantitative estimate of drug-likeness (QED) is 0.446. The minimum Gasteiger partial charge on any atom is -0.300 e. The van der Waals surface area contributed by atoms with Crippen LogP contribution < -0.4 is 0 Å². The second-order valence-electron chi connectivity index (χ2n) is 12.0. The average molecular weight is 385 g/mol. The molecule has 158 valence electrons. The molecule has 4 aliphatic rings. The number of rotatable bonds is 5. The number of hydrogen-bond donors (Lipinski definition) is 0. The summed E-state index contributed by atoms with van der Waals surface area (Å²) >= 11 is 0. The molecule has 7 atom stereocenters. The zero-order chi connectivity index (χ0) is 20.1. The Morgan fingerprint density at radius 1 is 1.00 bits per heavy atom. The predicted molar refractivity (Wildman–Crippen MR) is 118 cm³/mol. The summed E-state index contributed by atoms with van der Waals surface area (Å²) in [6, 6.07) is 0. The van der Waals surface area contributed by atoms with Crippen LogP contribution in [0.1, 0.15) is 105 Å². The van der Waals surface area contributed by atoms with Gasteiger partial charge in [0.15, 0.2) is 0 Å². The number of hydrogen-bond acceptors (Lipinski definition) is 1. The minimum atomic E-state index is 0.403. The lowest BCUT2D eigenvalue weighted by atomic mass is 9.47. The van der Waals surface area contributed by atoms with Crippen LogP contribution in [0.4, 0.5) is 0 Å². The maximum Gasteiger partial charge on any atom is 0.133 e. The molecule has 3 saturated carbocycles. The molecule has 0 N–H and O–H groups in total.